The minimum absolute atomic E-state index is 0.0346. The molecule has 3 N–H and O–H groups in total. The number of amides is 1. The van der Waals surface area contributed by atoms with Crippen molar-refractivity contribution in [2.75, 3.05) is 56.2 Å². The van der Waals surface area contributed by atoms with E-state index in [0.29, 0.717) is 62.7 Å². The van der Waals surface area contributed by atoms with Gasteiger partial charge < -0.3 is 29.8 Å². The number of carbonyl (C=O) groups excluding carboxylic acids is 1. The van der Waals surface area contributed by atoms with E-state index in [1.807, 2.05) is 41.3 Å². The number of hydrogen-bond donors (Lipinski definition) is 3. The molecule has 200 valence electrons. The number of rotatable bonds is 8. The van der Waals surface area contributed by atoms with Crippen LogP contribution in [0.4, 0.5) is 11.6 Å². The van der Waals surface area contributed by atoms with Gasteiger partial charge in [0.15, 0.2) is 11.3 Å². The lowest BCUT2D eigenvalue weighted by molar-refractivity contribution is -0.116. The number of nitrogens with zero attached hydrogens (tertiary/aromatic N) is 1. The van der Waals surface area contributed by atoms with Gasteiger partial charge in [0, 0.05) is 70.0 Å². The molecule has 0 spiro atoms. The van der Waals surface area contributed by atoms with Crippen molar-refractivity contribution >= 4 is 60.0 Å². The molecule has 0 atom stereocenters. The summed E-state index contributed by atoms with van der Waals surface area (Å²) in [6, 6.07) is 19.3. The van der Waals surface area contributed by atoms with Gasteiger partial charge in [-0.2, -0.15) is 0 Å². The Bertz CT molecular complexity index is 1720. The first kappa shape index (κ1) is 25.5. The fourth-order valence-corrected chi connectivity index (χ4v) is 6.34. The summed E-state index contributed by atoms with van der Waals surface area (Å²) in [5, 5.41) is 17.6. The molecule has 3 aromatic carbocycles. The number of anilines is 2. The molecule has 9 heteroatoms. The number of carbonyl (C=O) groups is 1. The summed E-state index contributed by atoms with van der Waals surface area (Å²) in [4.78, 5) is 28.0. The van der Waals surface area contributed by atoms with Gasteiger partial charge in [0.25, 0.3) is 0 Å². The smallest absolute Gasteiger partial charge is 0.225 e. The quantitative estimate of drug-likeness (QED) is 0.246. The monoisotopic (exact) mass is 543 g/mol. The van der Waals surface area contributed by atoms with Crippen molar-refractivity contribution in [3.63, 3.8) is 0 Å². The van der Waals surface area contributed by atoms with Crippen LogP contribution in [0.1, 0.15) is 6.42 Å². The Morgan fingerprint density at radius 3 is 2.64 bits per heavy atom. The second kappa shape index (κ2) is 11.2. The van der Waals surface area contributed by atoms with E-state index < -0.39 is 0 Å². The van der Waals surface area contributed by atoms with Crippen LogP contribution in [0.3, 0.4) is 0 Å². The molecule has 0 radical (unpaired) electrons. The summed E-state index contributed by atoms with van der Waals surface area (Å²) in [5.41, 5.74) is 3.00. The first-order chi connectivity index (χ1) is 19.1. The molecule has 2 aromatic heterocycles. The molecule has 0 saturated carbocycles. The third-order valence-electron chi connectivity index (χ3n) is 6.97. The van der Waals surface area contributed by atoms with Crippen LogP contribution in [0.15, 0.2) is 69.9 Å². The summed E-state index contributed by atoms with van der Waals surface area (Å²) in [5.74, 6) is 0.450. The SMILES string of the molecule is O=C(CCNCCO)Nc1ccc(-c2cccc3c(=O)cc(N4CCOCC4)oc23)c2sc3ccccc3c12. The first-order valence-electron chi connectivity index (χ1n) is 13.1. The van der Waals surface area contributed by atoms with Gasteiger partial charge in [-0.05, 0) is 18.2 Å². The topological polar surface area (TPSA) is 104 Å². The Labute approximate surface area is 228 Å². The molecule has 1 saturated heterocycles. The fraction of sp³-hybridized carbons (Fsp3) is 0.267. The lowest BCUT2D eigenvalue weighted by atomic mass is 9.99. The molecule has 5 aromatic rings. The number of para-hydroxylation sites is 1. The highest BCUT2D eigenvalue weighted by atomic mass is 32.1. The van der Waals surface area contributed by atoms with Gasteiger partial charge in [-0.15, -0.1) is 11.3 Å². The van der Waals surface area contributed by atoms with E-state index in [0.717, 1.165) is 37.0 Å². The summed E-state index contributed by atoms with van der Waals surface area (Å²) < 4.78 is 14.0. The number of morpholine rings is 1. The third-order valence-corrected chi connectivity index (χ3v) is 8.18. The molecule has 3 heterocycles. The zero-order valence-corrected chi connectivity index (χ0v) is 22.2. The predicted octanol–water partition coefficient (Wildman–Crippen LogP) is 4.58. The Kier molecular flexibility index (Phi) is 7.30. The average molecular weight is 544 g/mol. The Morgan fingerprint density at radius 1 is 0.974 bits per heavy atom. The predicted molar refractivity (Wildman–Crippen MR) is 157 cm³/mol. The van der Waals surface area contributed by atoms with Crippen molar-refractivity contribution in [1.29, 1.82) is 0 Å². The number of aliphatic hydroxyl groups is 1. The van der Waals surface area contributed by atoms with Gasteiger partial charge in [-0.25, -0.2) is 0 Å². The zero-order valence-electron chi connectivity index (χ0n) is 21.4. The van der Waals surface area contributed by atoms with Crippen molar-refractivity contribution < 1.29 is 19.1 Å². The number of hydrogen-bond acceptors (Lipinski definition) is 8. The van der Waals surface area contributed by atoms with Crippen LogP contribution in [-0.2, 0) is 9.53 Å². The van der Waals surface area contributed by atoms with Crippen LogP contribution in [-0.4, -0.2) is 57.0 Å². The van der Waals surface area contributed by atoms with E-state index in [9.17, 15) is 9.59 Å². The van der Waals surface area contributed by atoms with E-state index in [1.54, 1.807) is 23.5 Å². The number of nitrogens with one attached hydrogen (secondary N) is 2. The van der Waals surface area contributed by atoms with Crippen LogP contribution >= 0.6 is 11.3 Å². The number of fused-ring (bicyclic) bond motifs is 4. The second-order valence-electron chi connectivity index (χ2n) is 9.47. The molecule has 8 nitrogen and oxygen atoms in total. The highest BCUT2D eigenvalue weighted by Gasteiger charge is 2.20. The largest absolute Gasteiger partial charge is 0.440 e. The van der Waals surface area contributed by atoms with Crippen LogP contribution in [0, 0.1) is 0 Å². The van der Waals surface area contributed by atoms with Crippen molar-refractivity contribution in [1.82, 2.24) is 5.32 Å². The van der Waals surface area contributed by atoms with E-state index >= 15 is 0 Å². The maximum Gasteiger partial charge on any atom is 0.225 e. The van der Waals surface area contributed by atoms with Crippen LogP contribution in [0.2, 0.25) is 0 Å². The number of aliphatic hydroxyl groups excluding tert-OH is 1. The van der Waals surface area contributed by atoms with Crippen LogP contribution in [0.25, 0.3) is 42.3 Å². The Balaban J connectivity index is 1.48. The molecule has 0 aliphatic carbocycles. The van der Waals surface area contributed by atoms with E-state index in [4.69, 9.17) is 14.3 Å². The van der Waals surface area contributed by atoms with Crippen molar-refractivity contribution in [3.8, 4) is 11.1 Å². The molecule has 1 aliphatic heterocycles. The minimum atomic E-state index is -0.101. The van der Waals surface area contributed by atoms with Crippen molar-refractivity contribution in [2.45, 2.75) is 6.42 Å². The molecule has 1 amide bonds. The van der Waals surface area contributed by atoms with Gasteiger partial charge in [-0.3, -0.25) is 9.59 Å². The maximum atomic E-state index is 13.2. The van der Waals surface area contributed by atoms with Crippen molar-refractivity contribution in [3.05, 3.63) is 70.9 Å². The van der Waals surface area contributed by atoms with Crippen molar-refractivity contribution in [2.24, 2.45) is 0 Å². The lowest BCUT2D eigenvalue weighted by Gasteiger charge is -2.27. The second-order valence-corrected chi connectivity index (χ2v) is 10.5. The van der Waals surface area contributed by atoms with Gasteiger partial charge in [0.2, 0.25) is 5.91 Å². The molecular weight excluding hydrogens is 514 g/mol. The Hall–Kier alpha value is -3.76. The molecule has 6 rings (SSSR count). The standard InChI is InChI=1S/C30H29N3O5S/c34-15-12-31-11-10-26(36)32-23-9-8-20(30-28(23)22-4-1-2-7-25(22)39-30)19-5-3-6-21-24(35)18-27(38-29(19)21)33-13-16-37-17-14-33/h1-9,18,31,34H,10-17H2,(H,32,36). The van der Waals surface area contributed by atoms with E-state index in [2.05, 4.69) is 22.8 Å². The van der Waals surface area contributed by atoms with E-state index in [1.165, 1.54) is 0 Å². The average Bonchev–Trinajstić information content (AvgIpc) is 3.36. The molecule has 39 heavy (non-hydrogen) atoms. The fourth-order valence-electron chi connectivity index (χ4n) is 5.08. The summed E-state index contributed by atoms with van der Waals surface area (Å²) in [6.07, 6.45) is 0.296. The van der Waals surface area contributed by atoms with Gasteiger partial charge in [0.1, 0.15) is 5.58 Å². The third kappa shape index (κ3) is 5.02. The number of benzene rings is 3. The summed E-state index contributed by atoms with van der Waals surface area (Å²) >= 11 is 1.66. The van der Waals surface area contributed by atoms with Crippen LogP contribution in [0.5, 0.6) is 0 Å². The number of thiophene rings is 1. The van der Waals surface area contributed by atoms with Gasteiger partial charge in [0.05, 0.1) is 30.9 Å². The van der Waals surface area contributed by atoms with Crippen LogP contribution < -0.4 is 21.0 Å². The summed E-state index contributed by atoms with van der Waals surface area (Å²) in [7, 11) is 0. The minimum Gasteiger partial charge on any atom is -0.440 e. The normalized spacial score (nSPS) is 13.9. The summed E-state index contributed by atoms with van der Waals surface area (Å²) in [6.45, 7) is 3.50. The first-order valence-corrected chi connectivity index (χ1v) is 13.9. The Morgan fingerprint density at radius 2 is 1.79 bits per heavy atom. The lowest BCUT2D eigenvalue weighted by Crippen LogP contribution is -2.36. The maximum absolute atomic E-state index is 13.2. The van der Waals surface area contributed by atoms with E-state index in [-0.39, 0.29) is 17.9 Å². The highest BCUT2D eigenvalue weighted by molar-refractivity contribution is 7.26. The number of ether oxygens (including phenoxy) is 1. The highest BCUT2D eigenvalue weighted by Crippen LogP contribution is 2.45. The zero-order chi connectivity index (χ0) is 26.8. The molecular formula is C30H29N3O5S. The molecule has 0 unspecified atom stereocenters. The van der Waals surface area contributed by atoms with Gasteiger partial charge in [-0.1, -0.05) is 36.4 Å². The molecule has 0 bridgehead atoms. The molecule has 1 fully saturated rings. The van der Waals surface area contributed by atoms with Gasteiger partial charge >= 0.3 is 0 Å². The molecule has 1 aliphatic rings.